The van der Waals surface area contributed by atoms with Crippen LogP contribution in [0.5, 0.6) is 0 Å². The van der Waals surface area contributed by atoms with Gasteiger partial charge >= 0.3 is 0 Å². The molecule has 1 nitrogen and oxygen atoms in total. The Hall–Kier alpha value is -0.890. The molecule has 0 N–H and O–H groups in total. The zero-order valence-electron chi connectivity index (χ0n) is 10.4. The molecule has 0 aromatic heterocycles. The first-order valence-electron chi connectivity index (χ1n) is 6.75. The molecule has 0 radical (unpaired) electrons. The normalized spacial score (nSPS) is 32.2. The molecule has 0 amide bonds. The molecule has 2 fully saturated rings. The number of rotatable bonds is 3. The van der Waals surface area contributed by atoms with Crippen molar-refractivity contribution in [3.05, 3.63) is 35.6 Å². The Bertz CT molecular complexity index is 386. The van der Waals surface area contributed by atoms with Gasteiger partial charge in [-0.3, -0.25) is 0 Å². The average Bonchev–Trinajstić information content (AvgIpc) is 2.61. The standard InChI is InChI=1S/C15H20FN/c1-2-7-17-9-12-8-14(15(12)10-17)11-3-5-13(16)6-4-11/h3-6,12,14-15H,2,7-10H2,1H3. The first kappa shape index (κ1) is 11.2. The highest BCUT2D eigenvalue weighted by molar-refractivity contribution is 5.25. The Morgan fingerprint density at radius 1 is 1.24 bits per heavy atom. The molecule has 1 aromatic carbocycles. The second kappa shape index (κ2) is 4.41. The van der Waals surface area contributed by atoms with E-state index in [0.29, 0.717) is 5.92 Å². The summed E-state index contributed by atoms with van der Waals surface area (Å²) in [5, 5.41) is 0. The Kier molecular flexibility index (Phi) is 2.91. The lowest BCUT2D eigenvalue weighted by Gasteiger charge is -2.40. The van der Waals surface area contributed by atoms with Crippen molar-refractivity contribution in [3.8, 4) is 0 Å². The molecular formula is C15H20FN. The fraction of sp³-hybridized carbons (Fsp3) is 0.600. The van der Waals surface area contributed by atoms with Crippen LogP contribution in [-0.2, 0) is 0 Å². The van der Waals surface area contributed by atoms with Gasteiger partial charge in [0.2, 0.25) is 0 Å². The minimum absolute atomic E-state index is 0.122. The van der Waals surface area contributed by atoms with Gasteiger partial charge in [0.25, 0.3) is 0 Å². The third-order valence-corrected chi connectivity index (χ3v) is 4.48. The van der Waals surface area contributed by atoms with Gasteiger partial charge in [0.05, 0.1) is 0 Å². The van der Waals surface area contributed by atoms with Gasteiger partial charge in [-0.15, -0.1) is 0 Å². The van der Waals surface area contributed by atoms with Crippen molar-refractivity contribution < 1.29 is 4.39 Å². The Morgan fingerprint density at radius 3 is 2.71 bits per heavy atom. The van der Waals surface area contributed by atoms with Gasteiger partial charge < -0.3 is 4.90 Å². The van der Waals surface area contributed by atoms with Crippen molar-refractivity contribution in [2.45, 2.75) is 25.7 Å². The van der Waals surface area contributed by atoms with Crippen molar-refractivity contribution in [1.29, 1.82) is 0 Å². The van der Waals surface area contributed by atoms with Gasteiger partial charge in [0.1, 0.15) is 5.82 Å². The van der Waals surface area contributed by atoms with Crippen LogP contribution < -0.4 is 0 Å². The second-order valence-corrected chi connectivity index (χ2v) is 5.58. The van der Waals surface area contributed by atoms with Crippen LogP contribution in [0.15, 0.2) is 24.3 Å². The van der Waals surface area contributed by atoms with E-state index in [1.165, 1.54) is 38.0 Å². The van der Waals surface area contributed by atoms with E-state index >= 15 is 0 Å². The van der Waals surface area contributed by atoms with Crippen LogP contribution in [0.1, 0.15) is 31.2 Å². The van der Waals surface area contributed by atoms with Gasteiger partial charge in [0, 0.05) is 13.1 Å². The highest BCUT2D eigenvalue weighted by atomic mass is 19.1. The lowest BCUT2D eigenvalue weighted by molar-refractivity contribution is 0.191. The van der Waals surface area contributed by atoms with Gasteiger partial charge in [-0.1, -0.05) is 19.1 Å². The smallest absolute Gasteiger partial charge is 0.123 e. The molecule has 3 atom stereocenters. The van der Waals surface area contributed by atoms with Crippen LogP contribution in [0.2, 0.25) is 0 Å². The first-order chi connectivity index (χ1) is 8.28. The maximum absolute atomic E-state index is 12.9. The molecule has 1 aliphatic carbocycles. The molecule has 1 aromatic rings. The van der Waals surface area contributed by atoms with Gasteiger partial charge in [-0.2, -0.15) is 0 Å². The predicted octanol–water partition coefficient (Wildman–Crippen LogP) is 3.27. The van der Waals surface area contributed by atoms with E-state index in [9.17, 15) is 4.39 Å². The van der Waals surface area contributed by atoms with Crippen LogP contribution in [0.25, 0.3) is 0 Å². The van der Waals surface area contributed by atoms with Gasteiger partial charge in [-0.25, -0.2) is 4.39 Å². The van der Waals surface area contributed by atoms with Crippen LogP contribution in [0.3, 0.4) is 0 Å². The lowest BCUT2D eigenvalue weighted by atomic mass is 9.64. The number of nitrogens with zero attached hydrogens (tertiary/aromatic N) is 1. The Balaban J connectivity index is 1.67. The van der Waals surface area contributed by atoms with E-state index in [4.69, 9.17) is 0 Å². The predicted molar refractivity (Wildman–Crippen MR) is 67.5 cm³/mol. The third-order valence-electron chi connectivity index (χ3n) is 4.48. The van der Waals surface area contributed by atoms with E-state index in [1.807, 2.05) is 12.1 Å². The topological polar surface area (TPSA) is 3.24 Å². The number of hydrogen-bond donors (Lipinski definition) is 0. The summed E-state index contributed by atoms with van der Waals surface area (Å²) in [6.45, 7) is 6.03. The summed E-state index contributed by atoms with van der Waals surface area (Å²) in [4.78, 5) is 2.60. The number of hydrogen-bond acceptors (Lipinski definition) is 1. The van der Waals surface area contributed by atoms with Crippen molar-refractivity contribution in [2.24, 2.45) is 11.8 Å². The number of benzene rings is 1. The molecule has 17 heavy (non-hydrogen) atoms. The van der Waals surface area contributed by atoms with E-state index in [1.54, 1.807) is 12.1 Å². The van der Waals surface area contributed by atoms with E-state index in [2.05, 4.69) is 11.8 Å². The maximum Gasteiger partial charge on any atom is 0.123 e. The molecule has 1 heterocycles. The summed E-state index contributed by atoms with van der Waals surface area (Å²) >= 11 is 0. The van der Waals surface area contributed by atoms with Crippen LogP contribution >= 0.6 is 0 Å². The Labute approximate surface area is 103 Å². The van der Waals surface area contributed by atoms with Crippen molar-refractivity contribution >= 4 is 0 Å². The second-order valence-electron chi connectivity index (χ2n) is 5.58. The number of likely N-dealkylation sites (tertiary alicyclic amines) is 1. The molecule has 0 bridgehead atoms. The van der Waals surface area contributed by atoms with Crippen molar-refractivity contribution in [3.63, 3.8) is 0 Å². The summed E-state index contributed by atoms with van der Waals surface area (Å²) in [7, 11) is 0. The van der Waals surface area contributed by atoms with E-state index in [0.717, 1.165) is 11.8 Å². The quantitative estimate of drug-likeness (QED) is 0.774. The highest BCUT2D eigenvalue weighted by Gasteiger charge is 2.46. The molecular weight excluding hydrogens is 213 g/mol. The number of fused-ring (bicyclic) bond motifs is 1. The molecule has 1 saturated heterocycles. The average molecular weight is 233 g/mol. The van der Waals surface area contributed by atoms with Crippen molar-refractivity contribution in [2.75, 3.05) is 19.6 Å². The molecule has 2 heteroatoms. The first-order valence-corrected chi connectivity index (χ1v) is 6.75. The van der Waals surface area contributed by atoms with E-state index < -0.39 is 0 Å². The fourth-order valence-corrected chi connectivity index (χ4v) is 3.59. The zero-order valence-corrected chi connectivity index (χ0v) is 10.4. The SMILES string of the molecule is CCCN1CC2CC(c3ccc(F)cc3)C2C1. The molecule has 2 aliphatic rings. The number of halogens is 1. The molecule has 1 saturated carbocycles. The zero-order chi connectivity index (χ0) is 11.8. The molecule has 1 aliphatic heterocycles. The summed E-state index contributed by atoms with van der Waals surface area (Å²) < 4.78 is 12.9. The molecule has 0 spiro atoms. The molecule has 92 valence electrons. The maximum atomic E-state index is 12.9. The van der Waals surface area contributed by atoms with Crippen LogP contribution in [0, 0.1) is 17.7 Å². The molecule has 3 rings (SSSR count). The highest BCUT2D eigenvalue weighted by Crippen LogP contribution is 2.51. The monoisotopic (exact) mass is 233 g/mol. The van der Waals surface area contributed by atoms with Gasteiger partial charge in [0.15, 0.2) is 0 Å². The Morgan fingerprint density at radius 2 is 2.00 bits per heavy atom. The third kappa shape index (κ3) is 1.99. The van der Waals surface area contributed by atoms with E-state index in [-0.39, 0.29) is 5.82 Å². The minimum atomic E-state index is -0.122. The fourth-order valence-electron chi connectivity index (χ4n) is 3.59. The summed E-state index contributed by atoms with van der Waals surface area (Å²) in [5.74, 6) is 2.29. The van der Waals surface area contributed by atoms with Crippen LogP contribution in [-0.4, -0.2) is 24.5 Å². The van der Waals surface area contributed by atoms with Gasteiger partial charge in [-0.05, 0) is 54.8 Å². The van der Waals surface area contributed by atoms with Crippen LogP contribution in [0.4, 0.5) is 4.39 Å². The summed E-state index contributed by atoms with van der Waals surface area (Å²) in [6.07, 6.45) is 2.55. The van der Waals surface area contributed by atoms with Crippen molar-refractivity contribution in [1.82, 2.24) is 4.90 Å². The molecule has 3 unspecified atom stereocenters. The summed E-state index contributed by atoms with van der Waals surface area (Å²) in [5.41, 5.74) is 1.34. The summed E-state index contributed by atoms with van der Waals surface area (Å²) in [6, 6.07) is 7.14. The lowest BCUT2D eigenvalue weighted by Crippen LogP contribution is -2.33. The largest absolute Gasteiger partial charge is 0.303 e. The minimum Gasteiger partial charge on any atom is -0.303 e.